The number of nitrogens with one attached hydrogen (secondary N) is 1. The van der Waals surface area contributed by atoms with Gasteiger partial charge in [-0.15, -0.1) is 0 Å². The summed E-state index contributed by atoms with van der Waals surface area (Å²) in [6, 6.07) is 0.0792. The van der Waals surface area contributed by atoms with Crippen LogP contribution < -0.4 is 11.1 Å². The number of nitrogen functional groups attached to an aromatic ring is 1. The summed E-state index contributed by atoms with van der Waals surface area (Å²) in [5.74, 6) is 0. The van der Waals surface area contributed by atoms with Gasteiger partial charge in [0.2, 0.25) is 0 Å². The average Bonchev–Trinajstić information content (AvgIpc) is 2.52. The Kier molecular flexibility index (Phi) is 4.64. The molecule has 4 N–H and O–H groups in total. The number of nitrogens with two attached hydrogens (primary N) is 1. The number of anilines is 2. The van der Waals surface area contributed by atoms with Crippen LogP contribution in [0.2, 0.25) is 0 Å². The Morgan fingerprint density at radius 3 is 3.07 bits per heavy atom. The van der Waals surface area contributed by atoms with Crippen LogP contribution >= 0.6 is 11.3 Å². The van der Waals surface area contributed by atoms with E-state index in [9.17, 15) is 0 Å². The third-order valence-corrected chi connectivity index (χ3v) is 2.45. The maximum atomic E-state index is 8.81. The van der Waals surface area contributed by atoms with E-state index in [2.05, 4.69) is 10.3 Å². The monoisotopic (exact) mass is 217 g/mol. The molecule has 0 bridgehead atoms. The van der Waals surface area contributed by atoms with Crippen LogP contribution in [0.25, 0.3) is 0 Å². The van der Waals surface area contributed by atoms with Crippen molar-refractivity contribution in [3.8, 4) is 0 Å². The number of rotatable bonds is 6. The molecule has 1 atom stereocenters. The molecule has 5 nitrogen and oxygen atoms in total. The topological polar surface area (TPSA) is 80.4 Å². The van der Waals surface area contributed by atoms with E-state index in [4.69, 9.17) is 15.6 Å². The van der Waals surface area contributed by atoms with E-state index >= 15 is 0 Å². The van der Waals surface area contributed by atoms with Crippen molar-refractivity contribution >= 4 is 21.5 Å². The highest BCUT2D eigenvalue weighted by molar-refractivity contribution is 7.19. The number of methoxy groups -OCH3 is 1. The first-order valence-electron chi connectivity index (χ1n) is 4.34. The lowest BCUT2D eigenvalue weighted by Crippen LogP contribution is -2.25. The summed E-state index contributed by atoms with van der Waals surface area (Å²) in [5.41, 5.74) is 5.54. The Morgan fingerprint density at radius 1 is 1.79 bits per heavy atom. The maximum Gasteiger partial charge on any atom is 0.184 e. The van der Waals surface area contributed by atoms with E-state index in [1.165, 1.54) is 11.3 Å². The van der Waals surface area contributed by atoms with E-state index in [0.717, 1.165) is 5.13 Å². The van der Waals surface area contributed by atoms with Crippen LogP contribution in [0, 0.1) is 0 Å². The van der Waals surface area contributed by atoms with Gasteiger partial charge in [-0.25, -0.2) is 4.98 Å². The van der Waals surface area contributed by atoms with Gasteiger partial charge >= 0.3 is 0 Å². The summed E-state index contributed by atoms with van der Waals surface area (Å²) in [6.07, 6.45) is 2.24. The van der Waals surface area contributed by atoms with Gasteiger partial charge in [-0.05, 0) is 6.42 Å². The lowest BCUT2D eigenvalue weighted by atomic mass is 10.2. The summed E-state index contributed by atoms with van der Waals surface area (Å²) >= 11 is 1.39. The van der Waals surface area contributed by atoms with Crippen LogP contribution in [0.5, 0.6) is 0 Å². The molecule has 0 spiro atoms. The average molecular weight is 217 g/mol. The van der Waals surface area contributed by atoms with Crippen LogP contribution in [-0.2, 0) is 4.74 Å². The molecule has 1 rings (SSSR count). The molecule has 0 aromatic carbocycles. The zero-order valence-electron chi connectivity index (χ0n) is 8.06. The Labute approximate surface area is 86.9 Å². The fraction of sp³-hybridized carbons (Fsp3) is 0.625. The van der Waals surface area contributed by atoms with Gasteiger partial charge in [-0.2, -0.15) is 0 Å². The second kappa shape index (κ2) is 5.79. The van der Waals surface area contributed by atoms with Crippen molar-refractivity contribution in [2.75, 3.05) is 31.4 Å². The molecule has 0 amide bonds. The number of aromatic nitrogens is 1. The van der Waals surface area contributed by atoms with Crippen molar-refractivity contribution in [1.82, 2.24) is 4.98 Å². The van der Waals surface area contributed by atoms with E-state index in [1.807, 2.05) is 0 Å². The fourth-order valence-electron chi connectivity index (χ4n) is 1.08. The van der Waals surface area contributed by atoms with Crippen LogP contribution in [-0.4, -0.2) is 36.5 Å². The lowest BCUT2D eigenvalue weighted by molar-refractivity contribution is 0.170. The van der Waals surface area contributed by atoms with Crippen molar-refractivity contribution in [1.29, 1.82) is 0 Å². The minimum atomic E-state index is 0.0792. The molecule has 1 heterocycles. The number of thiazole rings is 1. The zero-order valence-corrected chi connectivity index (χ0v) is 8.88. The molecule has 0 aliphatic carbocycles. The molecule has 0 fully saturated rings. The van der Waals surface area contributed by atoms with E-state index < -0.39 is 0 Å². The van der Waals surface area contributed by atoms with Crippen molar-refractivity contribution in [3.63, 3.8) is 0 Å². The summed E-state index contributed by atoms with van der Waals surface area (Å²) < 4.78 is 5.01. The predicted molar refractivity (Wildman–Crippen MR) is 57.5 cm³/mol. The summed E-state index contributed by atoms with van der Waals surface area (Å²) in [4.78, 5) is 4.07. The van der Waals surface area contributed by atoms with Gasteiger partial charge in [-0.1, -0.05) is 11.3 Å². The number of hydrogen-bond donors (Lipinski definition) is 3. The molecule has 1 aromatic rings. The van der Waals surface area contributed by atoms with Gasteiger partial charge in [0.1, 0.15) is 5.00 Å². The molecule has 0 aliphatic heterocycles. The highest BCUT2D eigenvalue weighted by atomic mass is 32.1. The fourth-order valence-corrected chi connectivity index (χ4v) is 1.74. The van der Waals surface area contributed by atoms with Gasteiger partial charge in [0.25, 0.3) is 0 Å². The number of nitrogens with zero attached hydrogens (tertiary/aromatic N) is 1. The predicted octanol–water partition coefficient (Wildman–Crippen LogP) is 0.535. The Balaban J connectivity index is 2.46. The second-order valence-electron chi connectivity index (χ2n) is 2.88. The molecular weight excluding hydrogens is 202 g/mol. The van der Waals surface area contributed by atoms with Crippen LogP contribution in [0.1, 0.15) is 6.42 Å². The number of hydrogen-bond acceptors (Lipinski definition) is 6. The number of ether oxygens (including phenoxy) is 1. The Morgan fingerprint density at radius 2 is 2.57 bits per heavy atom. The molecule has 0 saturated carbocycles. The van der Waals surface area contributed by atoms with Crippen molar-refractivity contribution in [3.05, 3.63) is 6.20 Å². The third-order valence-electron chi connectivity index (χ3n) is 1.70. The largest absolute Gasteiger partial charge is 0.396 e. The first-order chi connectivity index (χ1) is 6.76. The smallest absolute Gasteiger partial charge is 0.184 e. The summed E-state index contributed by atoms with van der Waals surface area (Å²) in [5, 5.41) is 13.4. The molecule has 1 aromatic heterocycles. The minimum absolute atomic E-state index is 0.0792. The second-order valence-corrected chi connectivity index (χ2v) is 3.94. The van der Waals surface area contributed by atoms with E-state index in [0.29, 0.717) is 18.0 Å². The van der Waals surface area contributed by atoms with Crippen molar-refractivity contribution in [2.45, 2.75) is 12.5 Å². The third kappa shape index (κ3) is 3.49. The lowest BCUT2D eigenvalue weighted by Gasteiger charge is -2.15. The van der Waals surface area contributed by atoms with Gasteiger partial charge in [-0.3, -0.25) is 0 Å². The molecule has 1 unspecified atom stereocenters. The molecule has 6 heteroatoms. The number of aliphatic hydroxyl groups is 1. The normalized spacial score (nSPS) is 12.7. The van der Waals surface area contributed by atoms with Gasteiger partial charge in [0.05, 0.1) is 18.8 Å². The standard InChI is InChI=1S/C8H15N3O2S/c1-13-5-6(2-3-12)11-8-10-4-7(9)14-8/h4,6,12H,2-3,5,9H2,1H3,(H,10,11). The Hall–Kier alpha value is -0.850. The maximum absolute atomic E-state index is 8.81. The van der Waals surface area contributed by atoms with Crippen LogP contribution in [0.15, 0.2) is 6.20 Å². The Bertz CT molecular complexity index is 261. The SMILES string of the molecule is COCC(CCO)Nc1ncc(N)s1. The number of aliphatic hydroxyl groups excluding tert-OH is 1. The molecule has 0 radical (unpaired) electrons. The molecule has 0 aliphatic rings. The first kappa shape index (κ1) is 11.2. The molecular formula is C8H15N3O2S. The van der Waals surface area contributed by atoms with Gasteiger partial charge in [0, 0.05) is 13.7 Å². The van der Waals surface area contributed by atoms with Gasteiger partial charge < -0.3 is 20.9 Å². The molecule has 80 valence electrons. The zero-order chi connectivity index (χ0) is 10.4. The highest BCUT2D eigenvalue weighted by Gasteiger charge is 2.09. The summed E-state index contributed by atoms with van der Waals surface area (Å²) in [6.45, 7) is 0.669. The van der Waals surface area contributed by atoms with E-state index in [-0.39, 0.29) is 12.6 Å². The molecule has 14 heavy (non-hydrogen) atoms. The van der Waals surface area contributed by atoms with Crippen molar-refractivity contribution < 1.29 is 9.84 Å². The van der Waals surface area contributed by atoms with Crippen LogP contribution in [0.4, 0.5) is 10.1 Å². The highest BCUT2D eigenvalue weighted by Crippen LogP contribution is 2.20. The summed E-state index contributed by atoms with van der Waals surface area (Å²) in [7, 11) is 1.63. The van der Waals surface area contributed by atoms with Gasteiger partial charge in [0.15, 0.2) is 5.13 Å². The van der Waals surface area contributed by atoms with E-state index in [1.54, 1.807) is 13.3 Å². The minimum Gasteiger partial charge on any atom is -0.396 e. The first-order valence-corrected chi connectivity index (χ1v) is 5.15. The molecule has 0 saturated heterocycles. The van der Waals surface area contributed by atoms with Crippen molar-refractivity contribution in [2.24, 2.45) is 0 Å². The quantitative estimate of drug-likeness (QED) is 0.648. The van der Waals surface area contributed by atoms with Crippen LogP contribution in [0.3, 0.4) is 0 Å².